The van der Waals surface area contributed by atoms with Gasteiger partial charge in [-0.2, -0.15) is 12.6 Å². The van der Waals surface area contributed by atoms with Crippen LogP contribution in [-0.2, 0) is 0 Å². The first-order valence-corrected chi connectivity index (χ1v) is 6.50. The van der Waals surface area contributed by atoms with Crippen molar-refractivity contribution >= 4 is 12.6 Å². The summed E-state index contributed by atoms with van der Waals surface area (Å²) in [5.41, 5.74) is -0.578. The molecule has 1 rings (SSSR count). The Morgan fingerprint density at radius 1 is 0.938 bits per heavy atom. The Balaban J connectivity index is 2.29. The molecular formula is C12H26N2OS. The summed E-state index contributed by atoms with van der Waals surface area (Å²) in [6, 6.07) is 0. The molecule has 0 aromatic carbocycles. The highest BCUT2D eigenvalue weighted by molar-refractivity contribution is 7.81. The Kier molecular flexibility index (Phi) is 4.69. The van der Waals surface area contributed by atoms with Crippen molar-refractivity contribution in [1.82, 2.24) is 9.80 Å². The molecule has 0 bridgehead atoms. The number of hydrogen-bond donors (Lipinski definition) is 2. The topological polar surface area (TPSA) is 26.7 Å². The fourth-order valence-corrected chi connectivity index (χ4v) is 2.40. The van der Waals surface area contributed by atoms with Gasteiger partial charge in [0.15, 0.2) is 0 Å². The Morgan fingerprint density at radius 2 is 1.31 bits per heavy atom. The number of β-amino-alcohol motifs (C(OH)–C–C–N with tert-alkyl or cyclic N) is 1. The maximum atomic E-state index is 9.75. The predicted molar refractivity (Wildman–Crippen MR) is 72.2 cm³/mol. The molecule has 96 valence electrons. The summed E-state index contributed by atoms with van der Waals surface area (Å²) in [7, 11) is 0. The number of nitrogens with zero attached hydrogens (tertiary/aromatic N) is 2. The van der Waals surface area contributed by atoms with E-state index in [0.717, 1.165) is 39.3 Å². The van der Waals surface area contributed by atoms with Crippen LogP contribution in [0.15, 0.2) is 0 Å². The third-order valence-corrected chi connectivity index (χ3v) is 2.83. The Morgan fingerprint density at radius 3 is 1.62 bits per heavy atom. The normalized spacial score (nSPS) is 21.4. The molecule has 0 spiro atoms. The molecule has 0 aromatic rings. The van der Waals surface area contributed by atoms with Gasteiger partial charge < -0.3 is 5.11 Å². The van der Waals surface area contributed by atoms with E-state index in [4.69, 9.17) is 0 Å². The van der Waals surface area contributed by atoms with Crippen LogP contribution in [-0.4, -0.2) is 64.5 Å². The lowest BCUT2D eigenvalue weighted by Gasteiger charge is -2.39. The van der Waals surface area contributed by atoms with Gasteiger partial charge in [0.1, 0.15) is 0 Å². The number of hydrogen-bond acceptors (Lipinski definition) is 4. The van der Waals surface area contributed by atoms with Crippen LogP contribution < -0.4 is 0 Å². The molecule has 4 heteroatoms. The summed E-state index contributed by atoms with van der Waals surface area (Å²) in [6.07, 6.45) is 0. The van der Waals surface area contributed by atoms with Crippen LogP contribution >= 0.6 is 12.6 Å². The van der Waals surface area contributed by atoms with Gasteiger partial charge in [0.05, 0.1) is 5.60 Å². The van der Waals surface area contributed by atoms with Crippen LogP contribution in [0.25, 0.3) is 0 Å². The molecule has 1 fully saturated rings. The molecule has 1 N–H and O–H groups in total. The van der Waals surface area contributed by atoms with Gasteiger partial charge in [0.25, 0.3) is 0 Å². The molecule has 1 aliphatic heterocycles. The number of aliphatic hydroxyl groups is 1. The standard InChI is InChI=1S/C12H26N2OS/c1-11(2,15)9-13-5-7-14(8-6-13)10-12(3,4)16/h15-16H,5-10H2,1-4H3. The summed E-state index contributed by atoms with van der Waals surface area (Å²) in [4.78, 5) is 4.79. The SMILES string of the molecule is CC(C)(O)CN1CCN(CC(C)(C)S)CC1. The molecule has 0 aromatic heterocycles. The Labute approximate surface area is 105 Å². The Hall–Kier alpha value is 0.230. The van der Waals surface area contributed by atoms with E-state index in [-0.39, 0.29) is 4.75 Å². The van der Waals surface area contributed by atoms with Crippen LogP contribution in [0.1, 0.15) is 27.7 Å². The smallest absolute Gasteiger partial charge is 0.0718 e. The zero-order chi connectivity index (χ0) is 12.4. The summed E-state index contributed by atoms with van der Waals surface area (Å²) >= 11 is 4.56. The van der Waals surface area contributed by atoms with E-state index in [9.17, 15) is 5.11 Å². The molecule has 0 atom stereocenters. The molecule has 0 radical (unpaired) electrons. The highest BCUT2D eigenvalue weighted by Crippen LogP contribution is 2.16. The van der Waals surface area contributed by atoms with Gasteiger partial charge >= 0.3 is 0 Å². The summed E-state index contributed by atoms with van der Waals surface area (Å²) in [5, 5.41) is 9.75. The first kappa shape index (κ1) is 14.3. The molecule has 0 saturated carbocycles. The van der Waals surface area contributed by atoms with E-state index in [0.29, 0.717) is 0 Å². The monoisotopic (exact) mass is 246 g/mol. The van der Waals surface area contributed by atoms with Crippen molar-refractivity contribution in [1.29, 1.82) is 0 Å². The number of rotatable bonds is 4. The number of thiol groups is 1. The summed E-state index contributed by atoms with van der Waals surface area (Å²) < 4.78 is 0.0818. The van der Waals surface area contributed by atoms with Crippen molar-refractivity contribution in [2.45, 2.75) is 38.0 Å². The van der Waals surface area contributed by atoms with E-state index >= 15 is 0 Å². The lowest BCUT2D eigenvalue weighted by atomic mass is 10.1. The molecule has 16 heavy (non-hydrogen) atoms. The number of piperazine rings is 1. The van der Waals surface area contributed by atoms with E-state index in [1.807, 2.05) is 13.8 Å². The zero-order valence-electron chi connectivity index (χ0n) is 11.0. The van der Waals surface area contributed by atoms with Gasteiger partial charge in [0, 0.05) is 44.0 Å². The summed E-state index contributed by atoms with van der Waals surface area (Å²) in [5.74, 6) is 0. The van der Waals surface area contributed by atoms with Crippen molar-refractivity contribution < 1.29 is 5.11 Å². The van der Waals surface area contributed by atoms with Crippen molar-refractivity contribution in [2.24, 2.45) is 0 Å². The maximum Gasteiger partial charge on any atom is 0.0718 e. The molecule has 0 aliphatic carbocycles. The minimum atomic E-state index is -0.578. The van der Waals surface area contributed by atoms with E-state index in [2.05, 4.69) is 36.3 Å². The van der Waals surface area contributed by atoms with Crippen LogP contribution in [0.4, 0.5) is 0 Å². The van der Waals surface area contributed by atoms with Crippen molar-refractivity contribution in [2.75, 3.05) is 39.3 Å². The quantitative estimate of drug-likeness (QED) is 0.727. The highest BCUT2D eigenvalue weighted by Gasteiger charge is 2.24. The molecule has 1 saturated heterocycles. The lowest BCUT2D eigenvalue weighted by molar-refractivity contribution is 0.0170. The van der Waals surface area contributed by atoms with Crippen LogP contribution in [0.5, 0.6) is 0 Å². The highest BCUT2D eigenvalue weighted by atomic mass is 32.1. The van der Waals surface area contributed by atoms with Gasteiger partial charge in [0.2, 0.25) is 0 Å². The van der Waals surface area contributed by atoms with Crippen LogP contribution in [0, 0.1) is 0 Å². The second kappa shape index (κ2) is 5.25. The first-order valence-electron chi connectivity index (χ1n) is 6.05. The predicted octanol–water partition coefficient (Wildman–Crippen LogP) is 1.08. The van der Waals surface area contributed by atoms with Gasteiger partial charge in [-0.1, -0.05) is 0 Å². The zero-order valence-corrected chi connectivity index (χ0v) is 11.9. The van der Waals surface area contributed by atoms with Crippen LogP contribution in [0.2, 0.25) is 0 Å². The molecular weight excluding hydrogens is 220 g/mol. The second-order valence-electron chi connectivity index (χ2n) is 6.18. The molecule has 1 aliphatic rings. The van der Waals surface area contributed by atoms with Crippen molar-refractivity contribution in [3.8, 4) is 0 Å². The average molecular weight is 246 g/mol. The molecule has 0 amide bonds. The van der Waals surface area contributed by atoms with Gasteiger partial charge in [-0.15, -0.1) is 0 Å². The maximum absolute atomic E-state index is 9.75. The van der Waals surface area contributed by atoms with Gasteiger partial charge in [-0.25, -0.2) is 0 Å². The molecule has 1 heterocycles. The van der Waals surface area contributed by atoms with Crippen LogP contribution in [0.3, 0.4) is 0 Å². The minimum Gasteiger partial charge on any atom is -0.389 e. The largest absolute Gasteiger partial charge is 0.389 e. The van der Waals surface area contributed by atoms with Gasteiger partial charge in [-0.05, 0) is 27.7 Å². The molecule has 3 nitrogen and oxygen atoms in total. The molecule has 0 unspecified atom stereocenters. The van der Waals surface area contributed by atoms with Crippen molar-refractivity contribution in [3.63, 3.8) is 0 Å². The summed E-state index contributed by atoms with van der Waals surface area (Å²) in [6.45, 7) is 14.1. The Bertz CT molecular complexity index is 188. The minimum absolute atomic E-state index is 0.0818. The third-order valence-electron chi connectivity index (χ3n) is 2.69. The van der Waals surface area contributed by atoms with Gasteiger partial charge in [-0.3, -0.25) is 9.80 Å². The van der Waals surface area contributed by atoms with E-state index in [1.54, 1.807) is 0 Å². The first-order chi connectivity index (χ1) is 7.16. The second-order valence-corrected chi connectivity index (χ2v) is 7.39. The van der Waals surface area contributed by atoms with E-state index < -0.39 is 5.60 Å². The fourth-order valence-electron chi connectivity index (χ4n) is 2.20. The van der Waals surface area contributed by atoms with Crippen molar-refractivity contribution in [3.05, 3.63) is 0 Å². The lowest BCUT2D eigenvalue weighted by Crippen LogP contribution is -2.52. The fraction of sp³-hybridized carbons (Fsp3) is 1.00. The third kappa shape index (κ3) is 6.09. The average Bonchev–Trinajstić information content (AvgIpc) is 2.03. The van der Waals surface area contributed by atoms with E-state index in [1.165, 1.54) is 0 Å².